The largest absolute Gasteiger partial charge is 0.418 e. The lowest BCUT2D eigenvalue weighted by atomic mass is 10.1. The molecular weight excluding hydrogens is 257 g/mol. The maximum atomic E-state index is 12.7. The smallest absolute Gasteiger partial charge is 0.376 e. The zero-order valence-corrected chi connectivity index (χ0v) is 10.3. The minimum Gasteiger partial charge on any atom is -0.376 e. The van der Waals surface area contributed by atoms with Gasteiger partial charge < -0.3 is 10.6 Å². The summed E-state index contributed by atoms with van der Waals surface area (Å²) in [4.78, 5) is 11.5. The first-order valence-electron chi connectivity index (χ1n) is 6.13. The van der Waals surface area contributed by atoms with Gasteiger partial charge in [0.15, 0.2) is 0 Å². The Morgan fingerprint density at radius 3 is 2.58 bits per heavy atom. The second-order valence-corrected chi connectivity index (χ2v) is 4.64. The summed E-state index contributed by atoms with van der Waals surface area (Å²) < 4.78 is 38.1. The lowest BCUT2D eigenvalue weighted by molar-refractivity contribution is -0.137. The molecule has 0 aromatic heterocycles. The highest BCUT2D eigenvalue weighted by atomic mass is 19.4. The van der Waals surface area contributed by atoms with E-state index in [0.717, 1.165) is 18.9 Å². The zero-order chi connectivity index (χ0) is 13.9. The summed E-state index contributed by atoms with van der Waals surface area (Å²) in [5.74, 6) is 0.260. The number of rotatable bonds is 5. The van der Waals surface area contributed by atoms with E-state index in [2.05, 4.69) is 10.6 Å². The van der Waals surface area contributed by atoms with Crippen LogP contribution in [-0.2, 0) is 11.0 Å². The number of carbonyl (C=O) groups is 1. The van der Waals surface area contributed by atoms with E-state index in [1.165, 1.54) is 18.2 Å². The van der Waals surface area contributed by atoms with Crippen molar-refractivity contribution < 1.29 is 18.0 Å². The van der Waals surface area contributed by atoms with Crippen molar-refractivity contribution >= 4 is 11.6 Å². The van der Waals surface area contributed by atoms with Gasteiger partial charge >= 0.3 is 6.18 Å². The highest BCUT2D eigenvalue weighted by Gasteiger charge is 2.33. The van der Waals surface area contributed by atoms with E-state index in [1.807, 2.05) is 0 Å². The molecule has 2 rings (SSSR count). The van der Waals surface area contributed by atoms with Crippen molar-refractivity contribution in [2.24, 2.45) is 5.92 Å². The SMILES string of the molecule is O=C(CNc1ccccc1C(F)(F)F)NCC1CC1. The monoisotopic (exact) mass is 272 g/mol. The fourth-order valence-electron chi connectivity index (χ4n) is 1.70. The highest BCUT2D eigenvalue weighted by Crippen LogP contribution is 2.34. The van der Waals surface area contributed by atoms with E-state index in [4.69, 9.17) is 0 Å². The predicted molar refractivity (Wildman–Crippen MR) is 65.7 cm³/mol. The van der Waals surface area contributed by atoms with Gasteiger partial charge in [-0.15, -0.1) is 0 Å². The number of halogens is 3. The molecule has 0 unspecified atom stereocenters. The molecule has 1 aromatic carbocycles. The molecule has 2 N–H and O–H groups in total. The third-order valence-corrected chi connectivity index (χ3v) is 2.96. The first kappa shape index (κ1) is 13.7. The van der Waals surface area contributed by atoms with Crippen molar-refractivity contribution in [2.45, 2.75) is 19.0 Å². The van der Waals surface area contributed by atoms with E-state index in [9.17, 15) is 18.0 Å². The normalized spacial score (nSPS) is 15.1. The Morgan fingerprint density at radius 1 is 1.26 bits per heavy atom. The topological polar surface area (TPSA) is 41.1 Å². The van der Waals surface area contributed by atoms with E-state index in [-0.39, 0.29) is 18.1 Å². The van der Waals surface area contributed by atoms with Gasteiger partial charge in [0.25, 0.3) is 0 Å². The van der Waals surface area contributed by atoms with Crippen LogP contribution in [-0.4, -0.2) is 19.0 Å². The van der Waals surface area contributed by atoms with Crippen molar-refractivity contribution in [3.63, 3.8) is 0 Å². The van der Waals surface area contributed by atoms with Crippen molar-refractivity contribution in [3.8, 4) is 0 Å². The van der Waals surface area contributed by atoms with E-state index in [1.54, 1.807) is 0 Å². The Morgan fingerprint density at radius 2 is 1.95 bits per heavy atom. The molecule has 1 aromatic rings. The van der Waals surface area contributed by atoms with Crippen LogP contribution in [0.15, 0.2) is 24.3 Å². The molecule has 1 aliphatic rings. The summed E-state index contributed by atoms with van der Waals surface area (Å²) in [7, 11) is 0. The number of carbonyl (C=O) groups excluding carboxylic acids is 1. The predicted octanol–water partition coefficient (Wildman–Crippen LogP) is 2.64. The third kappa shape index (κ3) is 4.15. The summed E-state index contributed by atoms with van der Waals surface area (Å²) in [6, 6.07) is 5.13. The second kappa shape index (κ2) is 5.50. The Labute approximate surface area is 109 Å². The van der Waals surface area contributed by atoms with Gasteiger partial charge in [0.1, 0.15) is 0 Å². The molecule has 0 aliphatic heterocycles. The average molecular weight is 272 g/mol. The second-order valence-electron chi connectivity index (χ2n) is 4.64. The number of para-hydroxylation sites is 1. The van der Waals surface area contributed by atoms with Gasteiger partial charge in [-0.2, -0.15) is 13.2 Å². The van der Waals surface area contributed by atoms with Crippen LogP contribution in [0.2, 0.25) is 0 Å². The van der Waals surface area contributed by atoms with Gasteiger partial charge in [0, 0.05) is 12.2 Å². The van der Waals surface area contributed by atoms with Crippen LogP contribution in [0, 0.1) is 5.92 Å². The fraction of sp³-hybridized carbons (Fsp3) is 0.462. The molecule has 1 saturated carbocycles. The molecule has 0 bridgehead atoms. The Balaban J connectivity index is 1.89. The molecule has 6 heteroatoms. The Bertz CT molecular complexity index is 455. The van der Waals surface area contributed by atoms with Crippen molar-refractivity contribution in [2.75, 3.05) is 18.4 Å². The highest BCUT2D eigenvalue weighted by molar-refractivity contribution is 5.81. The maximum absolute atomic E-state index is 12.7. The molecule has 0 saturated heterocycles. The Kier molecular flexibility index (Phi) is 3.97. The van der Waals surface area contributed by atoms with Crippen molar-refractivity contribution in [1.82, 2.24) is 5.32 Å². The van der Waals surface area contributed by atoms with Gasteiger partial charge in [0.2, 0.25) is 5.91 Å². The van der Waals surface area contributed by atoms with E-state index < -0.39 is 11.7 Å². The van der Waals surface area contributed by atoms with Crippen LogP contribution >= 0.6 is 0 Å². The first-order valence-corrected chi connectivity index (χ1v) is 6.13. The molecule has 0 radical (unpaired) electrons. The van der Waals surface area contributed by atoms with Crippen LogP contribution in [0.5, 0.6) is 0 Å². The number of benzene rings is 1. The van der Waals surface area contributed by atoms with Crippen LogP contribution in [0.3, 0.4) is 0 Å². The standard InChI is InChI=1S/C13H15F3N2O/c14-13(15,16)10-3-1-2-4-11(10)17-8-12(19)18-7-9-5-6-9/h1-4,9,17H,5-8H2,(H,18,19). The summed E-state index contributed by atoms with van der Waals surface area (Å²) in [6.45, 7) is 0.460. The molecule has 19 heavy (non-hydrogen) atoms. The molecular formula is C13H15F3N2O. The van der Waals surface area contributed by atoms with Gasteiger partial charge in [-0.25, -0.2) is 0 Å². The van der Waals surface area contributed by atoms with Crippen molar-refractivity contribution in [1.29, 1.82) is 0 Å². The van der Waals surface area contributed by atoms with Crippen LogP contribution in [0.4, 0.5) is 18.9 Å². The van der Waals surface area contributed by atoms with Gasteiger partial charge in [-0.05, 0) is 30.9 Å². The van der Waals surface area contributed by atoms with Crippen LogP contribution in [0.1, 0.15) is 18.4 Å². The number of amides is 1. The van der Waals surface area contributed by atoms with Gasteiger partial charge in [0.05, 0.1) is 12.1 Å². The van der Waals surface area contributed by atoms with Crippen LogP contribution in [0.25, 0.3) is 0 Å². The number of hydrogen-bond donors (Lipinski definition) is 2. The summed E-state index contributed by atoms with van der Waals surface area (Å²) in [5.41, 5.74) is -0.832. The Hall–Kier alpha value is -1.72. The molecule has 0 spiro atoms. The number of nitrogens with one attached hydrogen (secondary N) is 2. The van der Waals surface area contributed by atoms with Gasteiger partial charge in [-0.3, -0.25) is 4.79 Å². The molecule has 1 aliphatic carbocycles. The fourth-order valence-corrected chi connectivity index (χ4v) is 1.70. The first-order chi connectivity index (χ1) is 8.97. The van der Waals surface area contributed by atoms with E-state index in [0.29, 0.717) is 12.5 Å². The zero-order valence-electron chi connectivity index (χ0n) is 10.3. The van der Waals surface area contributed by atoms with Gasteiger partial charge in [-0.1, -0.05) is 12.1 Å². The third-order valence-electron chi connectivity index (χ3n) is 2.96. The molecule has 3 nitrogen and oxygen atoms in total. The lowest BCUT2D eigenvalue weighted by Gasteiger charge is -2.14. The molecule has 1 amide bonds. The maximum Gasteiger partial charge on any atom is 0.418 e. The number of alkyl halides is 3. The molecule has 0 atom stereocenters. The van der Waals surface area contributed by atoms with E-state index >= 15 is 0 Å². The molecule has 1 fully saturated rings. The van der Waals surface area contributed by atoms with Crippen LogP contribution < -0.4 is 10.6 Å². The quantitative estimate of drug-likeness (QED) is 0.865. The number of hydrogen-bond acceptors (Lipinski definition) is 2. The van der Waals surface area contributed by atoms with Crippen molar-refractivity contribution in [3.05, 3.63) is 29.8 Å². The number of anilines is 1. The summed E-state index contributed by atoms with van der Waals surface area (Å²) in [5, 5.41) is 5.22. The lowest BCUT2D eigenvalue weighted by Crippen LogP contribution is -2.31. The summed E-state index contributed by atoms with van der Waals surface area (Å²) >= 11 is 0. The minimum absolute atomic E-state index is 0.0726. The molecule has 0 heterocycles. The minimum atomic E-state index is -4.42. The molecule has 104 valence electrons. The summed E-state index contributed by atoms with van der Waals surface area (Å²) in [6.07, 6.45) is -2.19. The average Bonchev–Trinajstić information content (AvgIpc) is 3.17.